The van der Waals surface area contributed by atoms with Crippen LogP contribution in [-0.4, -0.2) is 38.0 Å². The average molecular weight is 375 g/mol. The summed E-state index contributed by atoms with van der Waals surface area (Å²) in [6.45, 7) is 1.78. The molecule has 0 aliphatic rings. The maximum absolute atomic E-state index is 12.2. The maximum atomic E-state index is 12.2. The van der Waals surface area contributed by atoms with Crippen LogP contribution in [0.25, 0.3) is 0 Å². The molecule has 0 spiro atoms. The third-order valence-electron chi connectivity index (χ3n) is 3.72. The van der Waals surface area contributed by atoms with Gasteiger partial charge in [-0.25, -0.2) is 4.79 Å². The second kappa shape index (κ2) is 9.01. The third kappa shape index (κ3) is 4.61. The van der Waals surface area contributed by atoms with Crippen molar-refractivity contribution < 1.29 is 19.1 Å². The Hall–Kier alpha value is -2.86. The van der Waals surface area contributed by atoms with Crippen LogP contribution in [0.2, 0.25) is 5.02 Å². The Morgan fingerprint density at radius 1 is 1.04 bits per heavy atom. The van der Waals surface area contributed by atoms with Crippen molar-refractivity contribution in [3.8, 4) is 0 Å². The van der Waals surface area contributed by atoms with Gasteiger partial charge in [0.25, 0.3) is 5.91 Å². The highest BCUT2D eigenvalue weighted by Crippen LogP contribution is 2.21. The molecule has 0 saturated carbocycles. The van der Waals surface area contributed by atoms with E-state index in [1.165, 1.54) is 18.9 Å². The third-order valence-corrected chi connectivity index (χ3v) is 4.05. The van der Waals surface area contributed by atoms with Crippen LogP contribution >= 0.6 is 11.6 Å². The number of hydrogen-bond donors (Lipinski definition) is 1. The largest absolute Gasteiger partial charge is 0.465 e. The molecular weight excluding hydrogens is 356 g/mol. The first kappa shape index (κ1) is 19.5. The molecule has 1 N–H and O–H groups in total. The molecule has 7 heteroatoms. The molecule has 0 unspecified atom stereocenters. The lowest BCUT2D eigenvalue weighted by Gasteiger charge is -2.23. The first-order valence-electron chi connectivity index (χ1n) is 7.94. The van der Waals surface area contributed by atoms with Crippen LogP contribution in [0.4, 0.5) is 5.69 Å². The molecular formula is C19H19ClN2O4. The molecule has 0 aromatic heterocycles. The number of halogens is 1. The number of carbonyl (C=O) groups is 3. The molecule has 0 bridgehead atoms. The molecule has 0 aliphatic heterocycles. The average Bonchev–Trinajstić information content (AvgIpc) is 2.64. The number of hydrogen-bond acceptors (Lipinski definition) is 4. The first-order valence-corrected chi connectivity index (χ1v) is 8.31. The summed E-state index contributed by atoms with van der Waals surface area (Å²) in [4.78, 5) is 37.6. The number of anilines is 1. The summed E-state index contributed by atoms with van der Waals surface area (Å²) in [5, 5.41) is 3.08. The van der Waals surface area contributed by atoms with Crippen molar-refractivity contribution in [3.05, 3.63) is 64.7 Å². The number of nitrogens with one attached hydrogen (secondary N) is 1. The fourth-order valence-electron chi connectivity index (χ4n) is 2.46. The Bertz CT molecular complexity index is 823. The normalized spacial score (nSPS) is 10.1. The van der Waals surface area contributed by atoms with Gasteiger partial charge in [0.1, 0.15) is 0 Å². The minimum Gasteiger partial charge on any atom is -0.465 e. The fourth-order valence-corrected chi connectivity index (χ4v) is 2.68. The highest BCUT2D eigenvalue weighted by Gasteiger charge is 2.19. The van der Waals surface area contributed by atoms with Gasteiger partial charge in [0.05, 0.1) is 28.9 Å². The lowest BCUT2D eigenvalue weighted by Crippen LogP contribution is -2.38. The predicted octanol–water partition coefficient (Wildman–Crippen LogP) is 2.91. The van der Waals surface area contributed by atoms with E-state index in [-0.39, 0.29) is 30.5 Å². The van der Waals surface area contributed by atoms with Gasteiger partial charge in [0, 0.05) is 20.0 Å². The molecule has 2 amide bonds. The van der Waals surface area contributed by atoms with Crippen LogP contribution in [-0.2, 0) is 9.53 Å². The summed E-state index contributed by atoms with van der Waals surface area (Å²) in [5.41, 5.74) is 1.07. The van der Waals surface area contributed by atoms with E-state index in [0.717, 1.165) is 0 Å². The molecule has 0 atom stereocenters. The van der Waals surface area contributed by atoms with Gasteiger partial charge in [-0.3, -0.25) is 9.59 Å². The molecule has 2 aromatic rings. The molecule has 136 valence electrons. The molecule has 0 radical (unpaired) electrons. The molecule has 0 heterocycles. The van der Waals surface area contributed by atoms with E-state index in [2.05, 4.69) is 5.32 Å². The van der Waals surface area contributed by atoms with E-state index in [4.69, 9.17) is 16.3 Å². The Labute approximate surface area is 156 Å². The highest BCUT2D eigenvalue weighted by atomic mass is 35.5. The minimum atomic E-state index is -0.535. The van der Waals surface area contributed by atoms with Crippen LogP contribution in [0.3, 0.4) is 0 Å². The quantitative estimate of drug-likeness (QED) is 0.789. The number of methoxy groups -OCH3 is 1. The number of rotatable bonds is 6. The van der Waals surface area contributed by atoms with Gasteiger partial charge in [0.15, 0.2) is 0 Å². The minimum absolute atomic E-state index is 0.194. The molecule has 26 heavy (non-hydrogen) atoms. The zero-order valence-electron chi connectivity index (χ0n) is 14.5. The van der Waals surface area contributed by atoms with E-state index in [1.807, 2.05) is 0 Å². The number of para-hydroxylation sites is 1. The van der Waals surface area contributed by atoms with Gasteiger partial charge >= 0.3 is 5.97 Å². The van der Waals surface area contributed by atoms with Gasteiger partial charge in [-0.05, 0) is 24.3 Å². The van der Waals surface area contributed by atoms with E-state index in [1.54, 1.807) is 48.5 Å². The van der Waals surface area contributed by atoms with Crippen molar-refractivity contribution >= 4 is 35.1 Å². The number of esters is 1. The Kier molecular flexibility index (Phi) is 6.74. The van der Waals surface area contributed by atoms with Gasteiger partial charge in [-0.1, -0.05) is 35.9 Å². The molecule has 2 aromatic carbocycles. The number of carbonyl (C=O) groups excluding carboxylic acids is 3. The summed E-state index contributed by atoms with van der Waals surface area (Å²) in [6.07, 6.45) is 0. The zero-order chi connectivity index (χ0) is 19.1. The van der Waals surface area contributed by atoms with E-state index in [0.29, 0.717) is 16.3 Å². The van der Waals surface area contributed by atoms with Crippen molar-refractivity contribution in [1.29, 1.82) is 0 Å². The lowest BCUT2D eigenvalue weighted by molar-refractivity contribution is -0.116. The van der Waals surface area contributed by atoms with Crippen LogP contribution in [0.1, 0.15) is 27.6 Å². The Morgan fingerprint density at radius 3 is 2.27 bits per heavy atom. The number of benzene rings is 2. The van der Waals surface area contributed by atoms with Crippen LogP contribution in [0, 0.1) is 0 Å². The van der Waals surface area contributed by atoms with Crippen molar-refractivity contribution in [2.45, 2.75) is 6.92 Å². The standard InChI is InChI=1S/C19H19ClN2O4/c1-13(23)22(17-10-6-4-8-15(17)19(25)26-2)12-11-21-18(24)14-7-3-5-9-16(14)20/h3-10H,11-12H2,1-2H3,(H,21,24). The van der Waals surface area contributed by atoms with E-state index < -0.39 is 5.97 Å². The molecule has 0 aliphatic carbocycles. The van der Waals surface area contributed by atoms with Crippen LogP contribution in [0.5, 0.6) is 0 Å². The Morgan fingerprint density at radius 2 is 1.65 bits per heavy atom. The van der Waals surface area contributed by atoms with Gasteiger partial charge in [-0.2, -0.15) is 0 Å². The maximum Gasteiger partial charge on any atom is 0.339 e. The van der Waals surface area contributed by atoms with Crippen molar-refractivity contribution in [3.63, 3.8) is 0 Å². The Balaban J connectivity index is 2.11. The van der Waals surface area contributed by atoms with Crippen molar-refractivity contribution in [2.24, 2.45) is 0 Å². The SMILES string of the molecule is COC(=O)c1ccccc1N(CCNC(=O)c1ccccc1Cl)C(C)=O. The second-order valence-corrected chi connectivity index (χ2v) is 5.82. The summed E-state index contributed by atoms with van der Waals surface area (Å²) >= 11 is 6.00. The van der Waals surface area contributed by atoms with E-state index in [9.17, 15) is 14.4 Å². The molecule has 2 rings (SSSR count). The molecule has 6 nitrogen and oxygen atoms in total. The van der Waals surface area contributed by atoms with E-state index >= 15 is 0 Å². The molecule has 0 fully saturated rings. The smallest absolute Gasteiger partial charge is 0.339 e. The summed E-state index contributed by atoms with van der Waals surface area (Å²) in [6, 6.07) is 13.4. The summed E-state index contributed by atoms with van der Waals surface area (Å²) in [7, 11) is 1.28. The van der Waals surface area contributed by atoms with Gasteiger partial charge in [-0.15, -0.1) is 0 Å². The lowest BCUT2D eigenvalue weighted by atomic mass is 10.1. The van der Waals surface area contributed by atoms with Crippen LogP contribution in [0.15, 0.2) is 48.5 Å². The topological polar surface area (TPSA) is 75.7 Å². The van der Waals surface area contributed by atoms with Crippen LogP contribution < -0.4 is 10.2 Å². The highest BCUT2D eigenvalue weighted by molar-refractivity contribution is 6.33. The number of ether oxygens (including phenoxy) is 1. The summed E-state index contributed by atoms with van der Waals surface area (Å²) in [5.74, 6) is -1.12. The monoisotopic (exact) mass is 374 g/mol. The number of amides is 2. The van der Waals surface area contributed by atoms with Crippen molar-refractivity contribution in [2.75, 3.05) is 25.1 Å². The molecule has 0 saturated heterocycles. The van der Waals surface area contributed by atoms with Gasteiger partial charge in [0.2, 0.25) is 5.91 Å². The zero-order valence-corrected chi connectivity index (χ0v) is 15.2. The predicted molar refractivity (Wildman–Crippen MR) is 99.6 cm³/mol. The van der Waals surface area contributed by atoms with Crippen molar-refractivity contribution in [1.82, 2.24) is 5.32 Å². The van der Waals surface area contributed by atoms with Gasteiger partial charge < -0.3 is 15.0 Å². The first-order chi connectivity index (χ1) is 12.5. The fraction of sp³-hybridized carbons (Fsp3) is 0.211. The number of nitrogens with zero attached hydrogens (tertiary/aromatic N) is 1. The second-order valence-electron chi connectivity index (χ2n) is 5.42. The summed E-state index contributed by atoms with van der Waals surface area (Å²) < 4.78 is 4.76.